The smallest absolute Gasteiger partial charge is 0.310 e. The molecule has 1 amide bonds. The molecule has 7 nitrogen and oxygen atoms in total. The van der Waals surface area contributed by atoms with Crippen molar-refractivity contribution in [1.82, 2.24) is 19.2 Å². The lowest BCUT2D eigenvalue weighted by Gasteiger charge is -2.31. The Morgan fingerprint density at radius 1 is 1.23 bits per heavy atom. The number of piperidine rings is 1. The van der Waals surface area contributed by atoms with Crippen LogP contribution in [0.15, 0.2) is 48.7 Å². The third-order valence-corrected chi connectivity index (χ3v) is 5.53. The first-order valence-corrected chi connectivity index (χ1v) is 10.4. The van der Waals surface area contributed by atoms with E-state index >= 15 is 0 Å². The number of aromatic nitrogens is 3. The molecule has 0 aliphatic carbocycles. The van der Waals surface area contributed by atoms with Crippen molar-refractivity contribution in [3.05, 3.63) is 60.2 Å². The highest BCUT2D eigenvalue weighted by Crippen LogP contribution is 2.25. The molecule has 31 heavy (non-hydrogen) atoms. The number of rotatable bonds is 5. The Bertz CT molecular complexity index is 1090. The van der Waals surface area contributed by atoms with Crippen molar-refractivity contribution in [3.63, 3.8) is 0 Å². The third kappa shape index (κ3) is 4.23. The van der Waals surface area contributed by atoms with Gasteiger partial charge < -0.3 is 14.2 Å². The van der Waals surface area contributed by atoms with Crippen LogP contribution in [0.3, 0.4) is 0 Å². The van der Waals surface area contributed by atoms with Crippen LogP contribution in [0.1, 0.15) is 30.3 Å². The molecule has 3 heterocycles. The van der Waals surface area contributed by atoms with E-state index in [0.717, 1.165) is 12.1 Å². The fourth-order valence-corrected chi connectivity index (χ4v) is 3.94. The van der Waals surface area contributed by atoms with E-state index in [4.69, 9.17) is 4.74 Å². The van der Waals surface area contributed by atoms with E-state index in [2.05, 4.69) is 5.10 Å². The van der Waals surface area contributed by atoms with Crippen LogP contribution in [-0.4, -0.2) is 50.8 Å². The maximum absolute atomic E-state index is 13.5. The fraction of sp³-hybridized carbons (Fsp3) is 0.348. The molecule has 1 unspecified atom stereocenters. The first-order chi connectivity index (χ1) is 15.0. The summed E-state index contributed by atoms with van der Waals surface area (Å²) in [6.07, 6.45) is 3.33. The lowest BCUT2D eigenvalue weighted by molar-refractivity contribution is -0.149. The molecule has 0 radical (unpaired) electrons. The molecule has 1 aliphatic rings. The molecule has 0 bridgehead atoms. The summed E-state index contributed by atoms with van der Waals surface area (Å²) < 4.78 is 22.1. The minimum absolute atomic E-state index is 0.216. The summed E-state index contributed by atoms with van der Waals surface area (Å²) in [7, 11) is 1.91. The Morgan fingerprint density at radius 3 is 2.68 bits per heavy atom. The summed E-state index contributed by atoms with van der Waals surface area (Å²) in [5.41, 5.74) is 2.45. The molecule has 0 saturated carbocycles. The number of carbonyl (C=O) groups excluding carboxylic acids is 2. The number of likely N-dealkylation sites (tertiary alicyclic amines) is 1. The highest BCUT2D eigenvalue weighted by molar-refractivity contribution is 5.94. The number of hydrogen-bond donors (Lipinski definition) is 0. The van der Waals surface area contributed by atoms with E-state index in [1.807, 2.05) is 29.9 Å². The number of carbonyl (C=O) groups is 2. The molecule has 1 aromatic carbocycles. The topological polar surface area (TPSA) is 69.4 Å². The van der Waals surface area contributed by atoms with E-state index in [0.29, 0.717) is 43.2 Å². The fourth-order valence-electron chi connectivity index (χ4n) is 3.94. The van der Waals surface area contributed by atoms with Gasteiger partial charge in [-0.15, -0.1) is 0 Å². The zero-order valence-electron chi connectivity index (χ0n) is 17.6. The summed E-state index contributed by atoms with van der Waals surface area (Å²) in [6.45, 7) is 2.96. The van der Waals surface area contributed by atoms with Crippen molar-refractivity contribution in [1.29, 1.82) is 0 Å². The molecule has 162 valence electrons. The molecule has 1 saturated heterocycles. The van der Waals surface area contributed by atoms with E-state index in [1.165, 1.54) is 16.8 Å². The second kappa shape index (κ2) is 8.75. The average Bonchev–Trinajstić information content (AvgIpc) is 3.40. The molecule has 8 heteroatoms. The van der Waals surface area contributed by atoms with E-state index < -0.39 is 0 Å². The van der Waals surface area contributed by atoms with Gasteiger partial charge in [0.1, 0.15) is 17.2 Å². The average molecular weight is 424 g/mol. The zero-order valence-corrected chi connectivity index (χ0v) is 17.6. The predicted molar refractivity (Wildman–Crippen MR) is 113 cm³/mol. The molecule has 1 atom stereocenters. The highest BCUT2D eigenvalue weighted by Gasteiger charge is 2.31. The second-order valence-corrected chi connectivity index (χ2v) is 7.65. The first-order valence-electron chi connectivity index (χ1n) is 10.4. The molecule has 3 aromatic rings. The Hall–Kier alpha value is -3.42. The van der Waals surface area contributed by atoms with Crippen molar-refractivity contribution in [2.75, 3.05) is 19.7 Å². The number of esters is 1. The van der Waals surface area contributed by atoms with Gasteiger partial charge >= 0.3 is 5.97 Å². The lowest BCUT2D eigenvalue weighted by atomic mass is 9.98. The number of nitrogens with zero attached hydrogens (tertiary/aromatic N) is 4. The van der Waals surface area contributed by atoms with Crippen LogP contribution in [0.5, 0.6) is 0 Å². The maximum Gasteiger partial charge on any atom is 0.310 e. The molecule has 4 rings (SSSR count). The van der Waals surface area contributed by atoms with Crippen LogP contribution in [0.2, 0.25) is 0 Å². The van der Waals surface area contributed by atoms with Crippen molar-refractivity contribution in [3.8, 4) is 17.1 Å². The molecular formula is C23H25FN4O3. The third-order valence-electron chi connectivity index (χ3n) is 5.53. The molecular weight excluding hydrogens is 399 g/mol. The van der Waals surface area contributed by atoms with Crippen LogP contribution in [0, 0.1) is 11.7 Å². The van der Waals surface area contributed by atoms with Gasteiger partial charge in [0, 0.05) is 26.3 Å². The largest absolute Gasteiger partial charge is 0.466 e. The van der Waals surface area contributed by atoms with Gasteiger partial charge in [-0.2, -0.15) is 5.10 Å². The van der Waals surface area contributed by atoms with E-state index in [9.17, 15) is 14.0 Å². The number of aryl methyl sites for hydroxylation is 1. The lowest BCUT2D eigenvalue weighted by Crippen LogP contribution is -2.43. The molecule has 0 spiro atoms. The maximum atomic E-state index is 13.5. The Balaban J connectivity index is 1.69. The number of ether oxygens (including phenoxy) is 1. The van der Waals surface area contributed by atoms with E-state index in [-0.39, 0.29) is 23.6 Å². The standard InChI is InChI=1S/C23H25FN4O3/c1-3-31-23(30)16-6-4-13-27(15-16)22(29)21-14-19(20-7-5-12-26(20)2)25-28(21)18-10-8-17(24)9-11-18/h5,7-12,14,16H,3-4,6,13,15H2,1-2H3. The van der Waals surface area contributed by atoms with Gasteiger partial charge in [0.05, 0.1) is 23.9 Å². The van der Waals surface area contributed by atoms with E-state index in [1.54, 1.807) is 30.0 Å². The van der Waals surface area contributed by atoms with Crippen LogP contribution in [0.25, 0.3) is 17.1 Å². The summed E-state index contributed by atoms with van der Waals surface area (Å²) >= 11 is 0. The van der Waals surface area contributed by atoms with Gasteiger partial charge in [0.25, 0.3) is 5.91 Å². The van der Waals surface area contributed by atoms with Crippen molar-refractivity contribution < 1.29 is 18.7 Å². The number of amides is 1. The first kappa shape index (κ1) is 20.8. The number of halogens is 1. The molecule has 1 aliphatic heterocycles. The van der Waals surface area contributed by atoms with Crippen LogP contribution in [-0.2, 0) is 16.6 Å². The zero-order chi connectivity index (χ0) is 22.0. The van der Waals surface area contributed by atoms with Gasteiger partial charge in [-0.05, 0) is 62.2 Å². The van der Waals surface area contributed by atoms with Crippen LogP contribution < -0.4 is 0 Å². The predicted octanol–water partition coefficient (Wildman–Crippen LogP) is 3.43. The summed E-state index contributed by atoms with van der Waals surface area (Å²) in [5, 5.41) is 4.65. The minimum atomic E-state index is -0.361. The monoisotopic (exact) mass is 424 g/mol. The number of benzene rings is 1. The highest BCUT2D eigenvalue weighted by atomic mass is 19.1. The van der Waals surface area contributed by atoms with Gasteiger partial charge in [0.15, 0.2) is 0 Å². The van der Waals surface area contributed by atoms with Gasteiger partial charge in [-0.25, -0.2) is 9.07 Å². The quantitative estimate of drug-likeness (QED) is 0.589. The summed E-state index contributed by atoms with van der Waals surface area (Å²) in [5.74, 6) is -1.17. The molecule has 1 fully saturated rings. The Labute approximate surface area is 180 Å². The minimum Gasteiger partial charge on any atom is -0.466 e. The number of hydrogen-bond acceptors (Lipinski definition) is 4. The Morgan fingerprint density at radius 2 is 2.00 bits per heavy atom. The van der Waals surface area contributed by atoms with Crippen molar-refractivity contribution >= 4 is 11.9 Å². The summed E-state index contributed by atoms with van der Waals surface area (Å²) in [6, 6.07) is 11.4. The summed E-state index contributed by atoms with van der Waals surface area (Å²) in [4.78, 5) is 27.4. The molecule has 0 N–H and O–H groups in total. The molecule has 2 aromatic heterocycles. The Kier molecular flexibility index (Phi) is 5.88. The van der Waals surface area contributed by atoms with Crippen LogP contribution >= 0.6 is 0 Å². The normalized spacial score (nSPS) is 16.4. The SMILES string of the molecule is CCOC(=O)C1CCCN(C(=O)c2cc(-c3cccn3C)nn2-c2ccc(F)cc2)C1. The van der Waals surface area contributed by atoms with Crippen molar-refractivity contribution in [2.24, 2.45) is 13.0 Å². The second-order valence-electron chi connectivity index (χ2n) is 7.65. The van der Waals surface area contributed by atoms with Crippen molar-refractivity contribution in [2.45, 2.75) is 19.8 Å². The van der Waals surface area contributed by atoms with Gasteiger partial charge in [-0.3, -0.25) is 9.59 Å². The van der Waals surface area contributed by atoms with Gasteiger partial charge in [0.2, 0.25) is 0 Å². The van der Waals surface area contributed by atoms with Crippen LogP contribution in [0.4, 0.5) is 4.39 Å². The van der Waals surface area contributed by atoms with Gasteiger partial charge in [-0.1, -0.05) is 0 Å².